The van der Waals surface area contributed by atoms with Crippen LogP contribution in [0.2, 0.25) is 0 Å². The zero-order valence-electron chi connectivity index (χ0n) is 7.65. The number of phenolic OH excluding ortho intramolecular Hbond substituents is 1. The molecular weight excluding hydrogens is 182 g/mol. The number of benzene rings is 1. The van der Waals surface area contributed by atoms with Crippen LogP contribution in [0.4, 0.5) is 5.69 Å². The van der Waals surface area contributed by atoms with Crippen molar-refractivity contribution in [1.82, 2.24) is 0 Å². The van der Waals surface area contributed by atoms with Gasteiger partial charge in [-0.3, -0.25) is 9.59 Å². The lowest BCUT2D eigenvalue weighted by Gasteiger charge is -2.12. The first-order chi connectivity index (χ1) is 6.66. The Morgan fingerprint density at radius 3 is 2.71 bits per heavy atom. The Hall–Kier alpha value is -1.84. The monoisotopic (exact) mass is 191 g/mol. The number of rotatable bonds is 1. The van der Waals surface area contributed by atoms with Gasteiger partial charge >= 0.3 is 0 Å². The molecule has 0 aliphatic carbocycles. The van der Waals surface area contributed by atoms with Crippen molar-refractivity contribution < 1.29 is 14.7 Å². The number of amides is 1. The van der Waals surface area contributed by atoms with Gasteiger partial charge in [0.25, 0.3) is 11.7 Å². The highest BCUT2D eigenvalue weighted by atomic mass is 16.3. The van der Waals surface area contributed by atoms with Crippen LogP contribution in [0.15, 0.2) is 18.2 Å². The fourth-order valence-electron chi connectivity index (χ4n) is 1.64. The van der Waals surface area contributed by atoms with E-state index in [0.29, 0.717) is 12.2 Å². The van der Waals surface area contributed by atoms with Gasteiger partial charge in [0.15, 0.2) is 0 Å². The average molecular weight is 191 g/mol. The van der Waals surface area contributed by atoms with E-state index in [1.54, 1.807) is 19.1 Å². The summed E-state index contributed by atoms with van der Waals surface area (Å²) in [6, 6.07) is 4.67. The second kappa shape index (κ2) is 2.83. The Balaban J connectivity index is 2.67. The van der Waals surface area contributed by atoms with Crippen LogP contribution in [0.3, 0.4) is 0 Å². The number of nitrogens with zero attached hydrogens (tertiary/aromatic N) is 1. The van der Waals surface area contributed by atoms with Crippen LogP contribution in [0.5, 0.6) is 5.75 Å². The predicted molar refractivity (Wildman–Crippen MR) is 50.5 cm³/mol. The van der Waals surface area contributed by atoms with Gasteiger partial charge < -0.3 is 10.0 Å². The van der Waals surface area contributed by atoms with Crippen LogP contribution in [-0.2, 0) is 4.79 Å². The van der Waals surface area contributed by atoms with Gasteiger partial charge in [-0.2, -0.15) is 0 Å². The van der Waals surface area contributed by atoms with E-state index in [1.807, 2.05) is 0 Å². The number of fused-ring (bicyclic) bond motifs is 1. The molecule has 1 aliphatic heterocycles. The molecule has 0 spiro atoms. The summed E-state index contributed by atoms with van der Waals surface area (Å²) in [6.45, 7) is 2.21. The second-order valence-corrected chi connectivity index (χ2v) is 3.05. The number of likely N-dealkylation sites (N-methyl/N-ethyl adjacent to an activating group) is 1. The summed E-state index contributed by atoms with van der Waals surface area (Å²) >= 11 is 0. The maximum atomic E-state index is 11.4. The lowest BCUT2D eigenvalue weighted by molar-refractivity contribution is -0.114. The van der Waals surface area contributed by atoms with E-state index < -0.39 is 11.7 Å². The molecule has 1 heterocycles. The number of aromatic hydroxyl groups is 1. The molecule has 72 valence electrons. The fourth-order valence-corrected chi connectivity index (χ4v) is 1.64. The highest BCUT2D eigenvalue weighted by Gasteiger charge is 2.36. The average Bonchev–Trinajstić information content (AvgIpc) is 2.41. The number of Topliss-reactive ketones (excluding diaryl/α,β-unsaturated/α-hetero) is 1. The normalized spacial score (nSPS) is 14.8. The molecule has 0 aromatic heterocycles. The lowest BCUT2D eigenvalue weighted by atomic mass is 10.1. The Labute approximate surface area is 80.8 Å². The van der Waals surface area contributed by atoms with Crippen LogP contribution in [0, 0.1) is 0 Å². The topological polar surface area (TPSA) is 57.6 Å². The molecule has 2 rings (SSSR count). The number of ketones is 1. The van der Waals surface area contributed by atoms with Crippen LogP contribution >= 0.6 is 0 Å². The molecule has 0 saturated heterocycles. The Bertz CT molecular complexity index is 425. The standard InChI is InChI=1S/C10H9NO3/c1-2-11-6-4-3-5-7(12)8(6)9(13)10(11)14/h3-5,12H,2H2,1H3. The summed E-state index contributed by atoms with van der Waals surface area (Å²) in [5.74, 6) is -1.32. The number of hydrogen-bond acceptors (Lipinski definition) is 3. The molecular formula is C10H9NO3. The molecule has 1 aromatic rings. The summed E-state index contributed by atoms with van der Waals surface area (Å²) in [5.41, 5.74) is 0.627. The molecule has 14 heavy (non-hydrogen) atoms. The van der Waals surface area contributed by atoms with Crippen molar-refractivity contribution in [3.05, 3.63) is 23.8 Å². The molecule has 1 amide bonds. The molecule has 0 radical (unpaired) electrons. The van der Waals surface area contributed by atoms with Crippen molar-refractivity contribution in [2.75, 3.05) is 11.4 Å². The first-order valence-corrected chi connectivity index (χ1v) is 4.35. The third-order valence-corrected chi connectivity index (χ3v) is 2.29. The van der Waals surface area contributed by atoms with E-state index in [1.165, 1.54) is 11.0 Å². The third kappa shape index (κ3) is 0.937. The van der Waals surface area contributed by atoms with Crippen LogP contribution < -0.4 is 4.90 Å². The minimum Gasteiger partial charge on any atom is -0.507 e. The van der Waals surface area contributed by atoms with Crippen molar-refractivity contribution in [3.8, 4) is 5.75 Å². The van der Waals surface area contributed by atoms with Crippen molar-refractivity contribution in [1.29, 1.82) is 0 Å². The highest BCUT2D eigenvalue weighted by Crippen LogP contribution is 2.34. The first-order valence-electron chi connectivity index (χ1n) is 4.35. The van der Waals surface area contributed by atoms with Crippen molar-refractivity contribution in [2.45, 2.75) is 6.92 Å². The molecule has 4 nitrogen and oxygen atoms in total. The van der Waals surface area contributed by atoms with Crippen LogP contribution in [0.25, 0.3) is 0 Å². The second-order valence-electron chi connectivity index (χ2n) is 3.05. The summed E-state index contributed by atoms with van der Waals surface area (Å²) < 4.78 is 0. The number of carbonyl (C=O) groups excluding carboxylic acids is 2. The van der Waals surface area contributed by atoms with Crippen molar-refractivity contribution >= 4 is 17.4 Å². The molecule has 1 N–H and O–H groups in total. The van der Waals surface area contributed by atoms with E-state index in [-0.39, 0.29) is 11.3 Å². The molecule has 1 aliphatic rings. The smallest absolute Gasteiger partial charge is 0.299 e. The summed E-state index contributed by atoms with van der Waals surface area (Å²) in [6.07, 6.45) is 0. The SMILES string of the molecule is CCN1C(=O)C(=O)c2c(O)cccc21. The summed E-state index contributed by atoms with van der Waals surface area (Å²) in [5, 5.41) is 9.43. The molecule has 0 bridgehead atoms. The summed E-state index contributed by atoms with van der Waals surface area (Å²) in [7, 11) is 0. The Morgan fingerprint density at radius 2 is 2.07 bits per heavy atom. The van der Waals surface area contributed by atoms with Gasteiger partial charge in [0.05, 0.1) is 11.3 Å². The Morgan fingerprint density at radius 1 is 1.36 bits per heavy atom. The molecule has 4 heteroatoms. The summed E-state index contributed by atoms with van der Waals surface area (Å²) in [4.78, 5) is 24.2. The number of hydrogen-bond donors (Lipinski definition) is 1. The van der Waals surface area contributed by atoms with E-state index in [9.17, 15) is 14.7 Å². The first kappa shape index (κ1) is 8.74. The number of anilines is 1. The predicted octanol–water partition coefficient (Wildman–Crippen LogP) is 0.941. The maximum Gasteiger partial charge on any atom is 0.299 e. The van der Waals surface area contributed by atoms with Gasteiger partial charge in [-0.05, 0) is 19.1 Å². The van der Waals surface area contributed by atoms with Gasteiger partial charge in [0.2, 0.25) is 0 Å². The molecule has 0 unspecified atom stereocenters. The molecule has 1 aromatic carbocycles. The van der Waals surface area contributed by atoms with Gasteiger partial charge in [0.1, 0.15) is 5.75 Å². The maximum absolute atomic E-state index is 11.4. The fraction of sp³-hybridized carbons (Fsp3) is 0.200. The quantitative estimate of drug-likeness (QED) is 0.672. The van der Waals surface area contributed by atoms with Gasteiger partial charge in [-0.25, -0.2) is 0 Å². The zero-order chi connectivity index (χ0) is 10.3. The number of carbonyl (C=O) groups is 2. The zero-order valence-corrected chi connectivity index (χ0v) is 7.65. The van der Waals surface area contributed by atoms with Crippen molar-refractivity contribution in [3.63, 3.8) is 0 Å². The number of phenols is 1. The van der Waals surface area contributed by atoms with E-state index in [4.69, 9.17) is 0 Å². The third-order valence-electron chi connectivity index (χ3n) is 2.29. The van der Waals surface area contributed by atoms with E-state index >= 15 is 0 Å². The van der Waals surface area contributed by atoms with Crippen LogP contribution in [0.1, 0.15) is 17.3 Å². The Kier molecular flexibility index (Phi) is 1.77. The van der Waals surface area contributed by atoms with E-state index in [2.05, 4.69) is 0 Å². The molecule has 0 atom stereocenters. The van der Waals surface area contributed by atoms with Gasteiger partial charge in [-0.1, -0.05) is 6.07 Å². The van der Waals surface area contributed by atoms with Crippen molar-refractivity contribution in [2.24, 2.45) is 0 Å². The molecule has 0 saturated carbocycles. The minimum atomic E-state index is -0.625. The highest BCUT2D eigenvalue weighted by molar-refractivity contribution is 6.52. The largest absolute Gasteiger partial charge is 0.507 e. The van der Waals surface area contributed by atoms with Gasteiger partial charge in [-0.15, -0.1) is 0 Å². The van der Waals surface area contributed by atoms with E-state index in [0.717, 1.165) is 0 Å². The lowest BCUT2D eigenvalue weighted by Crippen LogP contribution is -2.29. The van der Waals surface area contributed by atoms with Gasteiger partial charge in [0, 0.05) is 6.54 Å². The molecule has 0 fully saturated rings. The minimum absolute atomic E-state index is 0.124. The van der Waals surface area contributed by atoms with Crippen LogP contribution in [-0.4, -0.2) is 23.3 Å².